The molecule has 0 atom stereocenters. The minimum absolute atomic E-state index is 0.0300. The summed E-state index contributed by atoms with van der Waals surface area (Å²) in [5.74, 6) is -0.611. The summed E-state index contributed by atoms with van der Waals surface area (Å²) in [7, 11) is -3.81. The van der Waals surface area contributed by atoms with Crippen LogP contribution in [0.3, 0.4) is 0 Å². The summed E-state index contributed by atoms with van der Waals surface area (Å²) < 4.78 is 26.7. The third kappa shape index (κ3) is 5.30. The van der Waals surface area contributed by atoms with Gasteiger partial charge in [0.05, 0.1) is 11.4 Å². The van der Waals surface area contributed by atoms with E-state index in [-0.39, 0.29) is 36.3 Å². The van der Waals surface area contributed by atoms with E-state index in [1.165, 1.54) is 37.8 Å². The van der Waals surface area contributed by atoms with Crippen LogP contribution in [-0.4, -0.2) is 75.3 Å². The van der Waals surface area contributed by atoms with Gasteiger partial charge in [0, 0.05) is 31.7 Å². The van der Waals surface area contributed by atoms with Gasteiger partial charge in [-0.15, -0.1) is 0 Å². The van der Waals surface area contributed by atoms with Crippen molar-refractivity contribution in [1.29, 1.82) is 0 Å². The molecular weight excluding hydrogens is 380 g/mol. The van der Waals surface area contributed by atoms with Crippen LogP contribution in [-0.2, 0) is 14.8 Å². The number of hydrogen-bond acceptors (Lipinski definition) is 5. The summed E-state index contributed by atoms with van der Waals surface area (Å²) >= 11 is 0. The van der Waals surface area contributed by atoms with E-state index in [4.69, 9.17) is 0 Å². The monoisotopic (exact) mass is 408 g/mol. The first kappa shape index (κ1) is 20.8. The standard InChI is InChI=1S/C19H28N4O4S/c24-18-15-23(13-9-20-18)28(26,27)17-7-5-6-16(14-17)19(25)21-8-12-22-10-3-1-2-4-11-22/h5-7,14H,1-4,8-13,15H2,(H,20,24)(H,21,25). The van der Waals surface area contributed by atoms with Crippen molar-refractivity contribution < 1.29 is 18.0 Å². The third-order valence-corrected chi connectivity index (χ3v) is 6.99. The van der Waals surface area contributed by atoms with E-state index in [0.29, 0.717) is 12.1 Å². The molecule has 0 unspecified atom stereocenters. The van der Waals surface area contributed by atoms with Gasteiger partial charge in [0.15, 0.2) is 0 Å². The van der Waals surface area contributed by atoms with Crippen LogP contribution in [0, 0.1) is 0 Å². The molecule has 1 aromatic rings. The highest BCUT2D eigenvalue weighted by atomic mass is 32.2. The zero-order valence-corrected chi connectivity index (χ0v) is 16.8. The number of benzene rings is 1. The van der Waals surface area contributed by atoms with Gasteiger partial charge in [-0.05, 0) is 44.1 Å². The van der Waals surface area contributed by atoms with Crippen LogP contribution in [0.5, 0.6) is 0 Å². The minimum Gasteiger partial charge on any atom is -0.354 e. The first-order chi connectivity index (χ1) is 13.5. The van der Waals surface area contributed by atoms with Crippen LogP contribution < -0.4 is 10.6 Å². The van der Waals surface area contributed by atoms with Crippen LogP contribution in [0.1, 0.15) is 36.0 Å². The number of carbonyl (C=O) groups is 2. The molecule has 8 nitrogen and oxygen atoms in total. The van der Waals surface area contributed by atoms with Gasteiger partial charge < -0.3 is 15.5 Å². The Labute approximate surface area is 166 Å². The van der Waals surface area contributed by atoms with Crippen LogP contribution >= 0.6 is 0 Å². The number of piperazine rings is 1. The van der Waals surface area contributed by atoms with Crippen molar-refractivity contribution >= 4 is 21.8 Å². The van der Waals surface area contributed by atoms with E-state index in [1.807, 2.05) is 0 Å². The second-order valence-corrected chi connectivity index (χ2v) is 9.17. The number of nitrogens with zero attached hydrogens (tertiary/aromatic N) is 2. The molecule has 2 fully saturated rings. The zero-order chi connectivity index (χ0) is 20.0. The smallest absolute Gasteiger partial charge is 0.251 e. The fourth-order valence-electron chi connectivity index (χ4n) is 3.56. The van der Waals surface area contributed by atoms with Gasteiger partial charge in [-0.2, -0.15) is 4.31 Å². The fraction of sp³-hybridized carbons (Fsp3) is 0.579. The van der Waals surface area contributed by atoms with E-state index >= 15 is 0 Å². The van der Waals surface area contributed by atoms with Crippen LogP contribution in [0.2, 0.25) is 0 Å². The molecule has 28 heavy (non-hydrogen) atoms. The number of amides is 2. The quantitative estimate of drug-likeness (QED) is 0.711. The molecule has 0 aliphatic carbocycles. The normalized spacial score (nSPS) is 19.6. The lowest BCUT2D eigenvalue weighted by molar-refractivity contribution is -0.122. The van der Waals surface area contributed by atoms with Crippen molar-refractivity contribution in [1.82, 2.24) is 19.8 Å². The SMILES string of the molecule is O=C1CN(S(=O)(=O)c2cccc(C(=O)NCCN3CCCCCC3)c2)CCN1. The Morgan fingerprint density at radius 1 is 1.11 bits per heavy atom. The zero-order valence-electron chi connectivity index (χ0n) is 16.0. The molecule has 2 aliphatic rings. The average molecular weight is 409 g/mol. The van der Waals surface area contributed by atoms with Gasteiger partial charge in [0.2, 0.25) is 15.9 Å². The Morgan fingerprint density at radius 2 is 1.86 bits per heavy atom. The molecule has 2 aliphatic heterocycles. The van der Waals surface area contributed by atoms with Crippen molar-refractivity contribution in [2.75, 3.05) is 45.8 Å². The lowest BCUT2D eigenvalue weighted by Gasteiger charge is -2.26. The van der Waals surface area contributed by atoms with Crippen LogP contribution in [0.15, 0.2) is 29.2 Å². The first-order valence-electron chi connectivity index (χ1n) is 9.84. The molecule has 2 heterocycles. The lowest BCUT2D eigenvalue weighted by atomic mass is 10.2. The van der Waals surface area contributed by atoms with Crippen molar-refractivity contribution in [2.45, 2.75) is 30.6 Å². The number of carbonyl (C=O) groups excluding carboxylic acids is 2. The van der Waals surface area contributed by atoms with Crippen molar-refractivity contribution in [3.8, 4) is 0 Å². The molecule has 2 saturated heterocycles. The summed E-state index contributed by atoms with van der Waals surface area (Å²) in [6.45, 7) is 3.76. The minimum atomic E-state index is -3.81. The largest absolute Gasteiger partial charge is 0.354 e. The van der Waals surface area contributed by atoms with Gasteiger partial charge in [-0.1, -0.05) is 18.9 Å². The maximum absolute atomic E-state index is 12.8. The van der Waals surface area contributed by atoms with E-state index in [9.17, 15) is 18.0 Å². The van der Waals surface area contributed by atoms with Crippen molar-refractivity contribution in [2.24, 2.45) is 0 Å². The summed E-state index contributed by atoms with van der Waals surface area (Å²) in [6.07, 6.45) is 4.93. The second kappa shape index (κ2) is 9.49. The van der Waals surface area contributed by atoms with Crippen molar-refractivity contribution in [3.63, 3.8) is 0 Å². The number of likely N-dealkylation sites (tertiary alicyclic amines) is 1. The molecule has 3 rings (SSSR count). The highest BCUT2D eigenvalue weighted by Crippen LogP contribution is 2.18. The van der Waals surface area contributed by atoms with Gasteiger partial charge in [-0.25, -0.2) is 8.42 Å². The fourth-order valence-corrected chi connectivity index (χ4v) is 5.00. The number of rotatable bonds is 6. The summed E-state index contributed by atoms with van der Waals surface area (Å²) in [5.41, 5.74) is 0.304. The molecule has 9 heteroatoms. The molecule has 2 amide bonds. The summed E-state index contributed by atoms with van der Waals surface area (Å²) in [6, 6.07) is 5.99. The van der Waals surface area contributed by atoms with Gasteiger partial charge in [0.25, 0.3) is 5.91 Å². The summed E-state index contributed by atoms with van der Waals surface area (Å²) in [4.78, 5) is 26.4. The topological polar surface area (TPSA) is 98.8 Å². The van der Waals surface area contributed by atoms with E-state index in [1.54, 1.807) is 12.1 Å². The predicted molar refractivity (Wildman–Crippen MR) is 105 cm³/mol. The highest BCUT2D eigenvalue weighted by molar-refractivity contribution is 7.89. The molecule has 0 aromatic heterocycles. The Morgan fingerprint density at radius 3 is 2.57 bits per heavy atom. The Hall–Kier alpha value is -1.97. The van der Waals surface area contributed by atoms with Gasteiger partial charge in [-0.3, -0.25) is 9.59 Å². The van der Waals surface area contributed by atoms with Crippen molar-refractivity contribution in [3.05, 3.63) is 29.8 Å². The Bertz CT molecular complexity index is 804. The maximum Gasteiger partial charge on any atom is 0.251 e. The maximum atomic E-state index is 12.8. The molecule has 2 N–H and O–H groups in total. The van der Waals surface area contributed by atoms with Crippen LogP contribution in [0.4, 0.5) is 0 Å². The summed E-state index contributed by atoms with van der Waals surface area (Å²) in [5, 5.41) is 5.48. The number of hydrogen-bond donors (Lipinski definition) is 2. The van der Waals surface area contributed by atoms with Gasteiger partial charge in [0.1, 0.15) is 0 Å². The molecule has 0 saturated carbocycles. The third-order valence-electron chi connectivity index (χ3n) is 5.15. The number of nitrogens with one attached hydrogen (secondary N) is 2. The Balaban J connectivity index is 1.60. The first-order valence-corrected chi connectivity index (χ1v) is 11.3. The second-order valence-electron chi connectivity index (χ2n) is 7.23. The Kier molecular flexibility index (Phi) is 7.03. The molecular formula is C19H28N4O4S. The van der Waals surface area contributed by atoms with E-state index in [2.05, 4.69) is 15.5 Å². The molecule has 0 radical (unpaired) electrons. The average Bonchev–Trinajstić information content (AvgIpc) is 2.97. The lowest BCUT2D eigenvalue weighted by Crippen LogP contribution is -2.49. The van der Waals surface area contributed by atoms with Gasteiger partial charge >= 0.3 is 0 Å². The highest BCUT2D eigenvalue weighted by Gasteiger charge is 2.29. The van der Waals surface area contributed by atoms with E-state index < -0.39 is 10.0 Å². The predicted octanol–water partition coefficient (Wildman–Crippen LogP) is 0.413. The molecule has 0 bridgehead atoms. The number of sulfonamides is 1. The van der Waals surface area contributed by atoms with E-state index in [0.717, 1.165) is 23.9 Å². The van der Waals surface area contributed by atoms with Crippen LogP contribution in [0.25, 0.3) is 0 Å². The molecule has 154 valence electrons. The molecule has 0 spiro atoms. The molecule has 1 aromatic carbocycles.